The maximum absolute atomic E-state index is 12.1. The Morgan fingerprint density at radius 1 is 1.29 bits per heavy atom. The van der Waals surface area contributed by atoms with E-state index in [0.29, 0.717) is 12.6 Å². The Morgan fingerprint density at radius 2 is 1.90 bits per heavy atom. The van der Waals surface area contributed by atoms with Crippen molar-refractivity contribution >= 4 is 15.7 Å². The number of rotatable bonds is 7. The van der Waals surface area contributed by atoms with Gasteiger partial charge in [-0.2, -0.15) is 0 Å². The molecule has 0 unspecified atom stereocenters. The number of hydrogen-bond donors (Lipinski definition) is 2. The molecule has 1 aromatic carbocycles. The second-order valence-electron chi connectivity index (χ2n) is 5.77. The lowest BCUT2D eigenvalue weighted by atomic mass is 9.91. The van der Waals surface area contributed by atoms with Gasteiger partial charge in [0, 0.05) is 24.3 Å². The van der Waals surface area contributed by atoms with Crippen molar-refractivity contribution in [3.8, 4) is 0 Å². The van der Waals surface area contributed by atoms with Crippen molar-refractivity contribution < 1.29 is 13.5 Å². The van der Waals surface area contributed by atoms with Gasteiger partial charge in [-0.25, -0.2) is 13.1 Å². The first kappa shape index (κ1) is 16.3. The van der Waals surface area contributed by atoms with E-state index in [1.807, 2.05) is 12.1 Å². The highest BCUT2D eigenvalue weighted by Gasteiger charge is 2.25. The molecule has 2 rings (SSSR count). The maximum Gasteiger partial charge on any atom is 0.240 e. The van der Waals surface area contributed by atoms with Crippen molar-refractivity contribution in [3.05, 3.63) is 24.3 Å². The van der Waals surface area contributed by atoms with Gasteiger partial charge >= 0.3 is 0 Å². The van der Waals surface area contributed by atoms with Gasteiger partial charge in [-0.1, -0.05) is 0 Å². The minimum atomic E-state index is -3.44. The lowest BCUT2D eigenvalue weighted by Gasteiger charge is -2.39. The fourth-order valence-corrected chi connectivity index (χ4v) is 3.77. The highest BCUT2D eigenvalue weighted by molar-refractivity contribution is 7.89. The molecule has 1 fully saturated rings. The van der Waals surface area contributed by atoms with E-state index in [2.05, 4.69) is 9.62 Å². The number of aliphatic hydroxyl groups is 1. The highest BCUT2D eigenvalue weighted by atomic mass is 32.2. The SMILES string of the molecule is CC(C)NS(=O)(=O)c1ccc(N(CCO)C2CCC2)cc1. The third-order valence-corrected chi connectivity index (χ3v) is 5.40. The van der Waals surface area contributed by atoms with E-state index in [0.717, 1.165) is 18.5 Å². The van der Waals surface area contributed by atoms with Crippen LogP contribution in [0.25, 0.3) is 0 Å². The number of hydrogen-bond acceptors (Lipinski definition) is 4. The zero-order valence-corrected chi connectivity index (χ0v) is 13.4. The molecule has 5 nitrogen and oxygen atoms in total. The molecule has 0 radical (unpaired) electrons. The molecule has 0 heterocycles. The van der Waals surface area contributed by atoms with Crippen LogP contribution in [0.4, 0.5) is 5.69 Å². The average Bonchev–Trinajstić information content (AvgIpc) is 2.35. The smallest absolute Gasteiger partial charge is 0.240 e. The normalized spacial score (nSPS) is 16.0. The number of nitrogens with zero attached hydrogens (tertiary/aromatic N) is 1. The largest absolute Gasteiger partial charge is 0.395 e. The van der Waals surface area contributed by atoms with Gasteiger partial charge in [-0.05, 0) is 57.4 Å². The highest BCUT2D eigenvalue weighted by Crippen LogP contribution is 2.29. The number of nitrogens with one attached hydrogen (secondary N) is 1. The topological polar surface area (TPSA) is 69.6 Å². The monoisotopic (exact) mass is 312 g/mol. The molecule has 1 aliphatic rings. The minimum Gasteiger partial charge on any atom is -0.395 e. The molecule has 21 heavy (non-hydrogen) atoms. The van der Waals surface area contributed by atoms with Crippen LogP contribution in [0, 0.1) is 0 Å². The minimum absolute atomic E-state index is 0.103. The molecule has 118 valence electrons. The van der Waals surface area contributed by atoms with E-state index in [9.17, 15) is 13.5 Å². The first-order valence-electron chi connectivity index (χ1n) is 7.44. The van der Waals surface area contributed by atoms with Crippen LogP contribution in [0.5, 0.6) is 0 Å². The summed E-state index contributed by atoms with van der Waals surface area (Å²) in [6, 6.07) is 7.24. The second-order valence-corrected chi connectivity index (χ2v) is 7.49. The molecule has 6 heteroatoms. The van der Waals surface area contributed by atoms with E-state index < -0.39 is 10.0 Å². The van der Waals surface area contributed by atoms with Gasteiger partial charge in [-0.15, -0.1) is 0 Å². The van der Waals surface area contributed by atoms with Gasteiger partial charge in [0.15, 0.2) is 0 Å². The van der Waals surface area contributed by atoms with Crippen LogP contribution in [0.3, 0.4) is 0 Å². The summed E-state index contributed by atoms with van der Waals surface area (Å²) in [6.07, 6.45) is 3.49. The standard InChI is InChI=1S/C15H24N2O3S/c1-12(2)16-21(19,20)15-8-6-14(7-9-15)17(10-11-18)13-4-3-5-13/h6-9,12-13,16,18H,3-5,10-11H2,1-2H3. The number of aliphatic hydroxyl groups excluding tert-OH is 1. The van der Waals surface area contributed by atoms with Crippen molar-refractivity contribution in [3.63, 3.8) is 0 Å². The number of sulfonamides is 1. The molecule has 0 saturated heterocycles. The molecule has 0 atom stereocenters. The summed E-state index contributed by atoms with van der Waals surface area (Å²) in [5, 5.41) is 9.20. The molecule has 0 aromatic heterocycles. The van der Waals surface area contributed by atoms with Gasteiger partial charge in [0.25, 0.3) is 0 Å². The van der Waals surface area contributed by atoms with E-state index in [-0.39, 0.29) is 17.5 Å². The lowest BCUT2D eigenvalue weighted by Crippen LogP contribution is -2.42. The number of anilines is 1. The van der Waals surface area contributed by atoms with Crippen LogP contribution in [0.15, 0.2) is 29.2 Å². The molecular formula is C15H24N2O3S. The van der Waals surface area contributed by atoms with Crippen molar-refractivity contribution in [2.75, 3.05) is 18.1 Å². The Morgan fingerprint density at radius 3 is 2.33 bits per heavy atom. The summed E-state index contributed by atoms with van der Waals surface area (Å²) in [5.74, 6) is 0. The van der Waals surface area contributed by atoms with E-state index in [1.54, 1.807) is 26.0 Å². The molecule has 0 bridgehead atoms. The van der Waals surface area contributed by atoms with E-state index in [1.165, 1.54) is 6.42 Å². The number of benzene rings is 1. The fraction of sp³-hybridized carbons (Fsp3) is 0.600. The van der Waals surface area contributed by atoms with Crippen molar-refractivity contribution in [1.82, 2.24) is 4.72 Å². The van der Waals surface area contributed by atoms with Crippen LogP contribution in [-0.2, 0) is 10.0 Å². The van der Waals surface area contributed by atoms with Crippen molar-refractivity contribution in [1.29, 1.82) is 0 Å². The first-order valence-corrected chi connectivity index (χ1v) is 8.92. The Balaban J connectivity index is 2.17. The predicted molar refractivity (Wildman–Crippen MR) is 84.0 cm³/mol. The molecular weight excluding hydrogens is 288 g/mol. The third-order valence-electron chi connectivity index (χ3n) is 3.73. The lowest BCUT2D eigenvalue weighted by molar-refractivity contribution is 0.283. The Labute approximate surface area is 127 Å². The van der Waals surface area contributed by atoms with Crippen molar-refractivity contribution in [2.45, 2.75) is 50.1 Å². The third kappa shape index (κ3) is 3.96. The Hall–Kier alpha value is -1.11. The van der Waals surface area contributed by atoms with Crippen LogP contribution in [-0.4, -0.2) is 38.8 Å². The van der Waals surface area contributed by atoms with Gasteiger partial charge in [0.05, 0.1) is 11.5 Å². The second kappa shape index (κ2) is 6.77. The van der Waals surface area contributed by atoms with Crippen LogP contribution in [0.2, 0.25) is 0 Å². The van der Waals surface area contributed by atoms with Crippen LogP contribution < -0.4 is 9.62 Å². The predicted octanol–water partition coefficient (Wildman–Crippen LogP) is 1.72. The summed E-state index contributed by atoms with van der Waals surface area (Å²) in [6.45, 7) is 4.28. The van der Waals surface area contributed by atoms with E-state index >= 15 is 0 Å². The summed E-state index contributed by atoms with van der Waals surface area (Å²) in [5.41, 5.74) is 0.970. The summed E-state index contributed by atoms with van der Waals surface area (Å²) in [4.78, 5) is 2.44. The summed E-state index contributed by atoms with van der Waals surface area (Å²) in [7, 11) is -3.44. The molecule has 0 amide bonds. The first-order chi connectivity index (χ1) is 9.94. The van der Waals surface area contributed by atoms with E-state index in [4.69, 9.17) is 0 Å². The van der Waals surface area contributed by atoms with Crippen molar-refractivity contribution in [2.24, 2.45) is 0 Å². The molecule has 1 saturated carbocycles. The molecule has 0 spiro atoms. The Kier molecular flexibility index (Phi) is 5.24. The Bertz CT molecular complexity index is 551. The van der Waals surface area contributed by atoms with Gasteiger partial charge in [0.1, 0.15) is 0 Å². The van der Waals surface area contributed by atoms with Crippen LogP contribution >= 0.6 is 0 Å². The summed E-state index contributed by atoms with van der Waals surface area (Å²) >= 11 is 0. The zero-order chi connectivity index (χ0) is 15.5. The van der Waals surface area contributed by atoms with Gasteiger partial charge in [-0.3, -0.25) is 0 Å². The zero-order valence-electron chi connectivity index (χ0n) is 12.6. The van der Waals surface area contributed by atoms with Crippen LogP contribution in [0.1, 0.15) is 33.1 Å². The van der Waals surface area contributed by atoms with Gasteiger partial charge < -0.3 is 10.0 Å². The average molecular weight is 312 g/mol. The van der Waals surface area contributed by atoms with Gasteiger partial charge in [0.2, 0.25) is 10.0 Å². The molecule has 2 N–H and O–H groups in total. The maximum atomic E-state index is 12.1. The molecule has 1 aromatic rings. The fourth-order valence-electron chi connectivity index (χ4n) is 2.52. The quantitative estimate of drug-likeness (QED) is 0.804. The summed E-state index contributed by atoms with van der Waals surface area (Å²) < 4.78 is 26.7. The molecule has 0 aliphatic heterocycles. The molecule has 1 aliphatic carbocycles.